The first-order valence-corrected chi connectivity index (χ1v) is 5.10. The number of rotatable bonds is 6. The van der Waals surface area contributed by atoms with Crippen LogP contribution in [-0.2, 0) is 9.53 Å². The van der Waals surface area contributed by atoms with Gasteiger partial charge in [0.1, 0.15) is 6.10 Å². The number of ether oxygens (including phenoxy) is 1. The van der Waals surface area contributed by atoms with Gasteiger partial charge in [0.25, 0.3) is 0 Å². The number of hydrogen-bond acceptors (Lipinski definition) is 3. The Kier molecular flexibility index (Phi) is 6.21. The molecule has 82 valence electrons. The smallest absolute Gasteiger partial charge is 0.333 e. The van der Waals surface area contributed by atoms with Crippen LogP contribution in [0.1, 0.15) is 27.7 Å². The van der Waals surface area contributed by atoms with E-state index in [1.807, 2.05) is 6.92 Å². The van der Waals surface area contributed by atoms with Gasteiger partial charge in [0, 0.05) is 12.1 Å². The summed E-state index contributed by atoms with van der Waals surface area (Å²) in [6.07, 6.45) is -0.0703. The van der Waals surface area contributed by atoms with E-state index in [9.17, 15) is 4.79 Å². The molecule has 0 amide bonds. The van der Waals surface area contributed by atoms with Gasteiger partial charge in [0.2, 0.25) is 0 Å². The van der Waals surface area contributed by atoms with E-state index in [0.29, 0.717) is 5.57 Å². The van der Waals surface area contributed by atoms with Gasteiger partial charge in [-0.25, -0.2) is 4.79 Å². The van der Waals surface area contributed by atoms with Crippen LogP contribution in [-0.4, -0.2) is 36.6 Å². The summed E-state index contributed by atoms with van der Waals surface area (Å²) in [5, 5.41) is 0. The SMILES string of the molecule is C=C(C)C(=O)OC(C)CN(CC)CC. The molecule has 3 nitrogen and oxygen atoms in total. The molecular weight excluding hydrogens is 178 g/mol. The first-order chi connectivity index (χ1) is 6.51. The number of hydrogen-bond donors (Lipinski definition) is 0. The van der Waals surface area contributed by atoms with Gasteiger partial charge in [-0.2, -0.15) is 0 Å². The normalized spacial score (nSPS) is 12.6. The minimum atomic E-state index is -0.301. The second-order valence-corrected chi connectivity index (χ2v) is 3.48. The minimum Gasteiger partial charge on any atom is -0.458 e. The van der Waals surface area contributed by atoms with Gasteiger partial charge in [-0.3, -0.25) is 0 Å². The zero-order valence-electron chi connectivity index (χ0n) is 9.67. The molecule has 3 heteroatoms. The summed E-state index contributed by atoms with van der Waals surface area (Å²) in [6.45, 7) is 14.0. The molecule has 0 saturated heterocycles. The molecule has 0 saturated carbocycles. The Labute approximate surface area is 86.7 Å². The predicted molar refractivity (Wildman–Crippen MR) is 58.2 cm³/mol. The highest BCUT2D eigenvalue weighted by atomic mass is 16.5. The van der Waals surface area contributed by atoms with Crippen molar-refractivity contribution in [2.75, 3.05) is 19.6 Å². The van der Waals surface area contributed by atoms with Crippen LogP contribution >= 0.6 is 0 Å². The highest BCUT2D eigenvalue weighted by Crippen LogP contribution is 2.00. The molecule has 14 heavy (non-hydrogen) atoms. The fourth-order valence-electron chi connectivity index (χ4n) is 1.17. The zero-order chi connectivity index (χ0) is 11.1. The summed E-state index contributed by atoms with van der Waals surface area (Å²) in [7, 11) is 0. The lowest BCUT2D eigenvalue weighted by atomic mass is 10.3. The van der Waals surface area contributed by atoms with Gasteiger partial charge < -0.3 is 9.64 Å². The van der Waals surface area contributed by atoms with Crippen molar-refractivity contribution in [3.8, 4) is 0 Å². The third-order valence-corrected chi connectivity index (χ3v) is 2.07. The fraction of sp³-hybridized carbons (Fsp3) is 0.727. The van der Waals surface area contributed by atoms with Crippen LogP contribution in [0.5, 0.6) is 0 Å². The summed E-state index contributed by atoms with van der Waals surface area (Å²) in [6, 6.07) is 0. The molecule has 0 aliphatic carbocycles. The maximum Gasteiger partial charge on any atom is 0.333 e. The Hall–Kier alpha value is -0.830. The third-order valence-electron chi connectivity index (χ3n) is 2.07. The average molecular weight is 199 g/mol. The number of carbonyl (C=O) groups excluding carboxylic acids is 1. The van der Waals surface area contributed by atoms with Crippen molar-refractivity contribution in [1.29, 1.82) is 0 Å². The van der Waals surface area contributed by atoms with Crippen molar-refractivity contribution in [3.63, 3.8) is 0 Å². The van der Waals surface area contributed by atoms with Gasteiger partial charge in [0.05, 0.1) is 0 Å². The highest BCUT2D eigenvalue weighted by molar-refractivity contribution is 5.87. The van der Waals surface area contributed by atoms with Crippen LogP contribution in [0.15, 0.2) is 12.2 Å². The standard InChI is InChI=1S/C11H21NO2/c1-6-12(7-2)8-10(5)14-11(13)9(3)4/h10H,3,6-8H2,1-2,4-5H3. The summed E-state index contributed by atoms with van der Waals surface area (Å²) in [5.41, 5.74) is 0.455. The van der Waals surface area contributed by atoms with E-state index in [2.05, 4.69) is 25.3 Å². The molecule has 0 aromatic heterocycles. The van der Waals surface area contributed by atoms with Gasteiger partial charge in [0.15, 0.2) is 0 Å². The predicted octanol–water partition coefficient (Wildman–Crippen LogP) is 1.84. The molecule has 0 heterocycles. The molecule has 0 N–H and O–H groups in total. The zero-order valence-corrected chi connectivity index (χ0v) is 9.67. The van der Waals surface area contributed by atoms with Crippen molar-refractivity contribution in [2.24, 2.45) is 0 Å². The lowest BCUT2D eigenvalue weighted by molar-refractivity contribution is -0.144. The topological polar surface area (TPSA) is 29.5 Å². The second kappa shape index (κ2) is 6.60. The minimum absolute atomic E-state index is 0.0703. The summed E-state index contributed by atoms with van der Waals surface area (Å²) in [4.78, 5) is 13.4. The molecule has 0 aliphatic heterocycles. The van der Waals surface area contributed by atoms with E-state index in [1.165, 1.54) is 0 Å². The number of nitrogens with zero attached hydrogens (tertiary/aromatic N) is 1. The second-order valence-electron chi connectivity index (χ2n) is 3.48. The first-order valence-electron chi connectivity index (χ1n) is 5.10. The van der Waals surface area contributed by atoms with Crippen LogP contribution in [0.3, 0.4) is 0 Å². The number of carbonyl (C=O) groups is 1. The maximum absolute atomic E-state index is 11.2. The molecule has 0 aliphatic rings. The quantitative estimate of drug-likeness (QED) is 0.483. The van der Waals surface area contributed by atoms with Crippen LogP contribution in [0.4, 0.5) is 0 Å². The molecule has 0 rings (SSSR count). The Morgan fingerprint density at radius 1 is 1.43 bits per heavy atom. The van der Waals surface area contributed by atoms with Crippen LogP contribution in [0, 0.1) is 0 Å². The van der Waals surface area contributed by atoms with E-state index in [4.69, 9.17) is 4.74 Å². The molecule has 1 unspecified atom stereocenters. The van der Waals surface area contributed by atoms with Crippen molar-refractivity contribution >= 4 is 5.97 Å². The van der Waals surface area contributed by atoms with Gasteiger partial charge in [-0.05, 0) is 26.9 Å². The van der Waals surface area contributed by atoms with E-state index in [0.717, 1.165) is 19.6 Å². The van der Waals surface area contributed by atoms with Crippen molar-refractivity contribution in [1.82, 2.24) is 4.90 Å². The van der Waals surface area contributed by atoms with Crippen LogP contribution < -0.4 is 0 Å². The first kappa shape index (κ1) is 13.2. The van der Waals surface area contributed by atoms with Gasteiger partial charge in [-0.15, -0.1) is 0 Å². The van der Waals surface area contributed by atoms with Crippen LogP contribution in [0.25, 0.3) is 0 Å². The van der Waals surface area contributed by atoms with E-state index in [-0.39, 0.29) is 12.1 Å². The molecule has 1 atom stereocenters. The Morgan fingerprint density at radius 3 is 2.29 bits per heavy atom. The van der Waals surface area contributed by atoms with Gasteiger partial charge in [-0.1, -0.05) is 20.4 Å². The molecule has 0 radical (unpaired) electrons. The molecule has 0 bridgehead atoms. The van der Waals surface area contributed by atoms with E-state index >= 15 is 0 Å². The summed E-state index contributed by atoms with van der Waals surface area (Å²) >= 11 is 0. The monoisotopic (exact) mass is 199 g/mol. The number of likely N-dealkylation sites (N-methyl/N-ethyl adjacent to an activating group) is 1. The Morgan fingerprint density at radius 2 is 1.93 bits per heavy atom. The number of esters is 1. The Balaban J connectivity index is 3.90. The van der Waals surface area contributed by atoms with Crippen LogP contribution in [0.2, 0.25) is 0 Å². The summed E-state index contributed by atoms with van der Waals surface area (Å²) in [5.74, 6) is -0.301. The molecule has 0 aromatic carbocycles. The molecule has 0 fully saturated rings. The van der Waals surface area contributed by atoms with Crippen molar-refractivity contribution < 1.29 is 9.53 Å². The van der Waals surface area contributed by atoms with E-state index in [1.54, 1.807) is 6.92 Å². The lowest BCUT2D eigenvalue weighted by Crippen LogP contribution is -2.33. The lowest BCUT2D eigenvalue weighted by Gasteiger charge is -2.22. The van der Waals surface area contributed by atoms with Crippen molar-refractivity contribution in [3.05, 3.63) is 12.2 Å². The fourth-order valence-corrected chi connectivity index (χ4v) is 1.17. The largest absolute Gasteiger partial charge is 0.458 e. The Bertz CT molecular complexity index is 197. The molecule has 0 spiro atoms. The highest BCUT2D eigenvalue weighted by Gasteiger charge is 2.12. The molecule has 0 aromatic rings. The van der Waals surface area contributed by atoms with E-state index < -0.39 is 0 Å². The maximum atomic E-state index is 11.2. The summed E-state index contributed by atoms with van der Waals surface area (Å²) < 4.78 is 5.17. The average Bonchev–Trinajstić information content (AvgIpc) is 2.13. The third kappa shape index (κ3) is 5.02. The molecular formula is C11H21NO2. The van der Waals surface area contributed by atoms with Gasteiger partial charge >= 0.3 is 5.97 Å². The van der Waals surface area contributed by atoms with Crippen molar-refractivity contribution in [2.45, 2.75) is 33.8 Å².